The molecule has 162 valence electrons. The minimum Gasteiger partial charge on any atom is -0.486 e. The van der Waals surface area contributed by atoms with E-state index in [0.29, 0.717) is 27.2 Å². The summed E-state index contributed by atoms with van der Waals surface area (Å²) in [5.41, 5.74) is 2.36. The largest absolute Gasteiger partial charge is 0.486 e. The Labute approximate surface area is 189 Å². The molecule has 31 heavy (non-hydrogen) atoms. The number of rotatable bonds is 9. The first-order valence-corrected chi connectivity index (χ1v) is 10.4. The van der Waals surface area contributed by atoms with E-state index in [-0.39, 0.29) is 24.7 Å². The molecule has 0 amide bonds. The van der Waals surface area contributed by atoms with Crippen LogP contribution in [0.4, 0.5) is 4.39 Å². The van der Waals surface area contributed by atoms with Gasteiger partial charge in [0.2, 0.25) is 0 Å². The van der Waals surface area contributed by atoms with Crippen LogP contribution in [-0.4, -0.2) is 30.6 Å². The zero-order valence-corrected chi connectivity index (χ0v) is 18.9. The fourth-order valence-corrected chi connectivity index (χ4v) is 3.85. The lowest BCUT2D eigenvalue weighted by molar-refractivity contribution is 0.0512. The molecule has 1 heterocycles. The molecule has 0 saturated carbocycles. The van der Waals surface area contributed by atoms with E-state index in [2.05, 4.69) is 27.5 Å². The average Bonchev–Trinajstić information content (AvgIpc) is 2.79. The lowest BCUT2D eigenvalue weighted by Gasteiger charge is -2.19. The molecule has 1 unspecified atom stereocenters. The second-order valence-corrected chi connectivity index (χ2v) is 7.57. The number of halogens is 2. The number of benzene rings is 2. The Morgan fingerprint density at radius 2 is 1.90 bits per heavy atom. The van der Waals surface area contributed by atoms with Crippen LogP contribution >= 0.6 is 15.9 Å². The van der Waals surface area contributed by atoms with Crippen LogP contribution in [-0.2, 0) is 4.74 Å². The molecule has 1 aromatic heterocycles. The standard InChI is InChI=1S/C24H23BrFNO4/c1-4-12-30-20-13-17(25)21(15(2)22(20)26)24(28)18-10-11-19(31-14-29-3)23(27-18)16-8-6-5-7-9-16/h4-11,13,24,28H,1,12,14H2,2-3H3. The molecule has 1 N–H and O–H groups in total. The fourth-order valence-electron chi connectivity index (χ4n) is 3.13. The molecule has 0 aliphatic rings. The van der Waals surface area contributed by atoms with E-state index in [1.165, 1.54) is 19.3 Å². The highest BCUT2D eigenvalue weighted by Gasteiger charge is 2.24. The number of ether oxygens (including phenoxy) is 3. The van der Waals surface area contributed by atoms with Crippen molar-refractivity contribution < 1.29 is 23.7 Å². The number of aliphatic hydroxyl groups is 1. The molecule has 0 aliphatic carbocycles. The van der Waals surface area contributed by atoms with E-state index < -0.39 is 11.9 Å². The van der Waals surface area contributed by atoms with Gasteiger partial charge in [0.25, 0.3) is 0 Å². The summed E-state index contributed by atoms with van der Waals surface area (Å²) in [5, 5.41) is 11.1. The first kappa shape index (κ1) is 22.9. The summed E-state index contributed by atoms with van der Waals surface area (Å²) >= 11 is 3.43. The zero-order chi connectivity index (χ0) is 22.4. The number of methoxy groups -OCH3 is 1. The van der Waals surface area contributed by atoms with Gasteiger partial charge in [-0.2, -0.15) is 0 Å². The first-order valence-electron chi connectivity index (χ1n) is 9.56. The number of aliphatic hydroxyl groups excluding tert-OH is 1. The van der Waals surface area contributed by atoms with E-state index in [0.717, 1.165) is 5.56 Å². The first-order chi connectivity index (χ1) is 15.0. The Hall–Kier alpha value is -2.74. The maximum atomic E-state index is 14.8. The van der Waals surface area contributed by atoms with E-state index in [9.17, 15) is 9.50 Å². The topological polar surface area (TPSA) is 60.8 Å². The van der Waals surface area contributed by atoms with Crippen LogP contribution in [0.1, 0.15) is 22.9 Å². The van der Waals surface area contributed by atoms with Gasteiger partial charge in [0, 0.05) is 22.7 Å². The van der Waals surface area contributed by atoms with Gasteiger partial charge in [-0.1, -0.05) is 58.9 Å². The Morgan fingerprint density at radius 3 is 2.58 bits per heavy atom. The van der Waals surface area contributed by atoms with Gasteiger partial charge in [0.15, 0.2) is 18.4 Å². The van der Waals surface area contributed by atoms with Gasteiger partial charge in [-0.05, 0) is 30.7 Å². The highest BCUT2D eigenvalue weighted by molar-refractivity contribution is 9.10. The van der Waals surface area contributed by atoms with Crippen molar-refractivity contribution in [2.24, 2.45) is 0 Å². The molecule has 3 rings (SSSR count). The fraction of sp³-hybridized carbons (Fsp3) is 0.208. The van der Waals surface area contributed by atoms with Crippen molar-refractivity contribution in [2.45, 2.75) is 13.0 Å². The molecule has 0 fully saturated rings. The molecule has 0 aliphatic heterocycles. The van der Waals surface area contributed by atoms with Gasteiger partial charge < -0.3 is 19.3 Å². The van der Waals surface area contributed by atoms with Crippen molar-refractivity contribution in [3.63, 3.8) is 0 Å². The van der Waals surface area contributed by atoms with Gasteiger partial charge in [0.05, 0.1) is 5.69 Å². The third kappa shape index (κ3) is 5.12. The zero-order valence-electron chi connectivity index (χ0n) is 17.3. The summed E-state index contributed by atoms with van der Waals surface area (Å²) in [6.07, 6.45) is 0.365. The molecule has 0 saturated heterocycles. The smallest absolute Gasteiger partial charge is 0.188 e. The van der Waals surface area contributed by atoms with Gasteiger partial charge in [-0.25, -0.2) is 9.37 Å². The lowest BCUT2D eigenvalue weighted by atomic mass is 9.99. The predicted molar refractivity (Wildman–Crippen MR) is 121 cm³/mol. The van der Waals surface area contributed by atoms with Crippen LogP contribution in [0.2, 0.25) is 0 Å². The van der Waals surface area contributed by atoms with Crippen molar-refractivity contribution in [3.05, 3.63) is 88.3 Å². The van der Waals surface area contributed by atoms with E-state index in [4.69, 9.17) is 14.2 Å². The Bertz CT molecular complexity index is 1060. The van der Waals surface area contributed by atoms with Crippen LogP contribution in [0.5, 0.6) is 11.5 Å². The molecule has 0 spiro atoms. The van der Waals surface area contributed by atoms with E-state index >= 15 is 0 Å². The van der Waals surface area contributed by atoms with Crippen molar-refractivity contribution in [1.82, 2.24) is 4.98 Å². The molecule has 0 radical (unpaired) electrons. The second kappa shape index (κ2) is 10.5. The van der Waals surface area contributed by atoms with Crippen molar-refractivity contribution >= 4 is 15.9 Å². The maximum Gasteiger partial charge on any atom is 0.188 e. The van der Waals surface area contributed by atoms with Crippen LogP contribution in [0.3, 0.4) is 0 Å². The highest BCUT2D eigenvalue weighted by atomic mass is 79.9. The third-order valence-corrected chi connectivity index (χ3v) is 5.29. The molecule has 7 heteroatoms. The summed E-state index contributed by atoms with van der Waals surface area (Å²) in [7, 11) is 1.53. The number of hydrogen-bond acceptors (Lipinski definition) is 5. The quantitative estimate of drug-likeness (QED) is 0.315. The predicted octanol–water partition coefficient (Wildman–Crippen LogP) is 5.59. The Kier molecular flexibility index (Phi) is 7.79. The maximum absolute atomic E-state index is 14.8. The summed E-state index contributed by atoms with van der Waals surface area (Å²) < 4.78 is 31.4. The van der Waals surface area contributed by atoms with Crippen LogP contribution in [0.15, 0.2) is 65.7 Å². The van der Waals surface area contributed by atoms with Crippen molar-refractivity contribution in [3.8, 4) is 22.8 Å². The molecule has 1 atom stereocenters. The molecule has 0 bridgehead atoms. The number of aromatic nitrogens is 1. The Morgan fingerprint density at radius 1 is 1.16 bits per heavy atom. The molecule has 5 nitrogen and oxygen atoms in total. The summed E-state index contributed by atoms with van der Waals surface area (Å²) in [5.74, 6) is 0.0584. The van der Waals surface area contributed by atoms with Crippen molar-refractivity contribution in [2.75, 3.05) is 20.5 Å². The summed E-state index contributed by atoms with van der Waals surface area (Å²) in [4.78, 5) is 4.64. The Balaban J connectivity index is 2.05. The molecular weight excluding hydrogens is 465 g/mol. The van der Waals surface area contributed by atoms with Crippen LogP contribution in [0, 0.1) is 12.7 Å². The van der Waals surface area contributed by atoms with E-state index in [1.54, 1.807) is 19.1 Å². The van der Waals surface area contributed by atoms with Gasteiger partial charge in [-0.15, -0.1) is 0 Å². The average molecular weight is 488 g/mol. The SMILES string of the molecule is C=CCOc1cc(Br)c(C(O)c2ccc(OCOC)c(-c3ccccc3)n2)c(C)c1F. The minimum absolute atomic E-state index is 0.0610. The van der Waals surface area contributed by atoms with Crippen molar-refractivity contribution in [1.29, 1.82) is 0 Å². The van der Waals surface area contributed by atoms with Gasteiger partial charge in [-0.3, -0.25) is 0 Å². The minimum atomic E-state index is -1.17. The number of nitrogens with zero attached hydrogens (tertiary/aromatic N) is 1. The van der Waals surface area contributed by atoms with E-state index in [1.807, 2.05) is 30.3 Å². The third-order valence-electron chi connectivity index (χ3n) is 4.63. The normalized spacial score (nSPS) is 11.8. The molecule has 2 aromatic carbocycles. The van der Waals surface area contributed by atoms with Crippen LogP contribution in [0.25, 0.3) is 11.3 Å². The van der Waals surface area contributed by atoms with Gasteiger partial charge in [0.1, 0.15) is 24.2 Å². The lowest BCUT2D eigenvalue weighted by Crippen LogP contribution is -2.10. The highest BCUT2D eigenvalue weighted by Crippen LogP contribution is 2.38. The summed E-state index contributed by atoms with van der Waals surface area (Å²) in [6, 6.07) is 14.3. The molecule has 3 aromatic rings. The number of hydrogen-bond donors (Lipinski definition) is 1. The second-order valence-electron chi connectivity index (χ2n) is 6.71. The van der Waals surface area contributed by atoms with Gasteiger partial charge >= 0.3 is 0 Å². The molecular formula is C24H23BrFNO4. The summed E-state index contributed by atoms with van der Waals surface area (Å²) in [6.45, 7) is 5.40. The number of pyridine rings is 1. The van der Waals surface area contributed by atoms with Crippen LogP contribution < -0.4 is 9.47 Å². The monoisotopic (exact) mass is 487 g/mol.